The predicted octanol–water partition coefficient (Wildman–Crippen LogP) is 7.86. The summed E-state index contributed by atoms with van der Waals surface area (Å²) in [6.07, 6.45) is 5.49. The summed E-state index contributed by atoms with van der Waals surface area (Å²) in [6, 6.07) is 42.3. The first-order valence-electron chi connectivity index (χ1n) is 15.0. The molecule has 0 N–H and O–H groups in total. The van der Waals surface area contributed by atoms with Gasteiger partial charge in [0, 0.05) is 21.2 Å². The monoisotopic (exact) mass is 587 g/mol. The number of aryl methyl sites for hydroxylation is 2. The Balaban J connectivity index is 1.43. The van der Waals surface area contributed by atoms with Crippen molar-refractivity contribution in [1.82, 2.24) is 4.98 Å². The van der Waals surface area contributed by atoms with E-state index in [0.717, 1.165) is 71.1 Å². The normalized spacial score (nSPS) is 18.6. The van der Waals surface area contributed by atoms with E-state index in [-0.39, 0.29) is 11.3 Å². The van der Waals surface area contributed by atoms with Crippen LogP contribution in [0.5, 0.6) is 0 Å². The minimum absolute atomic E-state index is 0.216. The van der Waals surface area contributed by atoms with E-state index >= 15 is 9.13 Å². The Labute approximate surface area is 248 Å². The number of hydrogen-bond acceptors (Lipinski definition) is 3. The summed E-state index contributed by atoms with van der Waals surface area (Å²) in [4.78, 5) is 5.51. The van der Waals surface area contributed by atoms with E-state index < -0.39 is 14.3 Å². The minimum atomic E-state index is -3.08. The molecular weight excluding hydrogens is 552 g/mol. The second kappa shape index (κ2) is 11.3. The molecule has 2 atom stereocenters. The molecule has 2 aliphatic rings. The molecule has 210 valence electrons. The van der Waals surface area contributed by atoms with Crippen molar-refractivity contribution in [3.63, 3.8) is 0 Å². The molecule has 0 fully saturated rings. The standard InChI is InChI=1S/C37H35NO2P2/c39-41(30-17-5-1-6-18-30,31-19-7-2-8-20-31)34-25-13-15-28-27-29-16-14-26-35(37(29)38-36(28)34)42(40,32-21-9-3-10-22-32)33-23-11-4-12-24-33/h1-12,17-24,27,34-35H,13-16,25-26H2. The summed E-state index contributed by atoms with van der Waals surface area (Å²) in [5.74, 6) is 0. The Morgan fingerprint density at radius 2 is 0.786 bits per heavy atom. The number of aromatic nitrogens is 1. The zero-order valence-electron chi connectivity index (χ0n) is 23.7. The van der Waals surface area contributed by atoms with Gasteiger partial charge in [0.05, 0.1) is 22.7 Å². The Bertz CT molecular complexity index is 1570. The lowest BCUT2D eigenvalue weighted by Gasteiger charge is -2.37. The van der Waals surface area contributed by atoms with E-state index in [2.05, 4.69) is 6.07 Å². The van der Waals surface area contributed by atoms with Crippen LogP contribution in [0.15, 0.2) is 127 Å². The van der Waals surface area contributed by atoms with Gasteiger partial charge in [0.1, 0.15) is 0 Å². The molecule has 5 aromatic rings. The second-order valence-corrected chi connectivity index (χ2v) is 17.5. The van der Waals surface area contributed by atoms with Crippen molar-refractivity contribution in [2.24, 2.45) is 0 Å². The number of hydrogen-bond donors (Lipinski definition) is 0. The number of nitrogens with zero attached hydrogens (tertiary/aromatic N) is 1. The second-order valence-electron chi connectivity index (χ2n) is 11.6. The summed E-state index contributed by atoms with van der Waals surface area (Å²) < 4.78 is 31.1. The van der Waals surface area contributed by atoms with E-state index in [1.165, 1.54) is 11.1 Å². The van der Waals surface area contributed by atoms with Crippen molar-refractivity contribution >= 4 is 35.5 Å². The molecule has 1 aromatic heterocycles. The van der Waals surface area contributed by atoms with Gasteiger partial charge in [-0.05, 0) is 49.7 Å². The maximum absolute atomic E-state index is 15.5. The van der Waals surface area contributed by atoms with Gasteiger partial charge in [-0.3, -0.25) is 4.98 Å². The molecule has 0 radical (unpaired) electrons. The summed E-state index contributed by atoms with van der Waals surface area (Å²) in [5.41, 5.74) is 3.91. The zero-order chi connectivity index (χ0) is 28.6. The van der Waals surface area contributed by atoms with Gasteiger partial charge < -0.3 is 9.13 Å². The fourth-order valence-electron chi connectivity index (χ4n) is 7.18. The van der Waals surface area contributed by atoms with E-state index in [9.17, 15) is 0 Å². The predicted molar refractivity (Wildman–Crippen MR) is 175 cm³/mol. The van der Waals surface area contributed by atoms with Crippen LogP contribution in [0.25, 0.3) is 0 Å². The molecule has 0 saturated carbocycles. The molecule has 1 heterocycles. The first-order valence-corrected chi connectivity index (χ1v) is 18.6. The van der Waals surface area contributed by atoms with E-state index in [1.54, 1.807) is 0 Å². The third-order valence-electron chi connectivity index (χ3n) is 9.16. The Hall–Kier alpha value is -3.51. The van der Waals surface area contributed by atoms with Crippen molar-refractivity contribution < 1.29 is 9.13 Å². The van der Waals surface area contributed by atoms with Gasteiger partial charge in [-0.2, -0.15) is 0 Å². The van der Waals surface area contributed by atoms with Crippen LogP contribution in [0.1, 0.15) is 59.5 Å². The van der Waals surface area contributed by atoms with Gasteiger partial charge in [0.15, 0.2) is 14.3 Å². The van der Waals surface area contributed by atoms with Crippen molar-refractivity contribution in [2.75, 3.05) is 0 Å². The van der Waals surface area contributed by atoms with Crippen molar-refractivity contribution in [3.05, 3.63) is 150 Å². The van der Waals surface area contributed by atoms with E-state index in [0.29, 0.717) is 0 Å². The van der Waals surface area contributed by atoms with Crippen LogP contribution < -0.4 is 21.2 Å². The molecule has 0 bridgehead atoms. The van der Waals surface area contributed by atoms with Crippen LogP contribution in [0.2, 0.25) is 0 Å². The summed E-state index contributed by atoms with van der Waals surface area (Å²) >= 11 is 0. The van der Waals surface area contributed by atoms with Crippen LogP contribution in [0, 0.1) is 0 Å². The lowest BCUT2D eigenvalue weighted by atomic mass is 9.89. The fraction of sp³-hybridized carbons (Fsp3) is 0.216. The van der Waals surface area contributed by atoms with E-state index in [4.69, 9.17) is 4.98 Å². The molecule has 2 unspecified atom stereocenters. The molecule has 0 saturated heterocycles. The topological polar surface area (TPSA) is 47.0 Å². The number of benzene rings is 4. The van der Waals surface area contributed by atoms with Crippen LogP contribution in [-0.4, -0.2) is 4.98 Å². The summed E-state index contributed by atoms with van der Waals surface area (Å²) in [7, 11) is -6.15. The van der Waals surface area contributed by atoms with Crippen LogP contribution >= 0.6 is 14.3 Å². The molecular formula is C37H35NO2P2. The van der Waals surface area contributed by atoms with E-state index in [1.807, 2.05) is 121 Å². The SMILES string of the molecule is O=P(c1ccccc1)(c1ccccc1)C1CCCc2cc3c(nc21)C(P(=O)(c1ccccc1)c1ccccc1)CCC3. The minimum Gasteiger partial charge on any atom is -0.313 e. The quantitative estimate of drug-likeness (QED) is 0.190. The smallest absolute Gasteiger partial charge is 0.151 e. The van der Waals surface area contributed by atoms with Crippen molar-refractivity contribution in [1.29, 1.82) is 0 Å². The molecule has 0 aliphatic heterocycles. The third-order valence-corrected chi connectivity index (χ3v) is 16.2. The summed E-state index contributed by atoms with van der Waals surface area (Å²) in [5, 5.41) is 3.52. The maximum atomic E-state index is 15.5. The maximum Gasteiger partial charge on any atom is 0.151 e. The molecule has 4 aromatic carbocycles. The third kappa shape index (κ3) is 4.55. The lowest BCUT2D eigenvalue weighted by molar-refractivity contribution is 0.547. The van der Waals surface area contributed by atoms with Crippen LogP contribution in [0.4, 0.5) is 0 Å². The number of rotatable bonds is 6. The Morgan fingerprint density at radius 3 is 1.10 bits per heavy atom. The molecule has 0 amide bonds. The number of fused-ring (bicyclic) bond motifs is 2. The average molecular weight is 588 g/mol. The van der Waals surface area contributed by atoms with Crippen LogP contribution in [0.3, 0.4) is 0 Å². The highest BCUT2D eigenvalue weighted by atomic mass is 31.2. The number of pyridine rings is 1. The van der Waals surface area contributed by atoms with Crippen molar-refractivity contribution in [3.8, 4) is 0 Å². The molecule has 0 spiro atoms. The summed E-state index contributed by atoms with van der Waals surface area (Å²) in [6.45, 7) is 0. The molecule has 7 rings (SSSR count). The largest absolute Gasteiger partial charge is 0.313 e. The van der Waals surface area contributed by atoms with Gasteiger partial charge in [-0.25, -0.2) is 0 Å². The van der Waals surface area contributed by atoms with Gasteiger partial charge in [0.25, 0.3) is 0 Å². The van der Waals surface area contributed by atoms with Crippen molar-refractivity contribution in [2.45, 2.75) is 49.8 Å². The molecule has 3 nitrogen and oxygen atoms in total. The first-order chi connectivity index (χ1) is 20.6. The Kier molecular flexibility index (Phi) is 7.35. The Morgan fingerprint density at radius 1 is 0.476 bits per heavy atom. The zero-order valence-corrected chi connectivity index (χ0v) is 25.5. The van der Waals surface area contributed by atoms with Gasteiger partial charge in [0.2, 0.25) is 0 Å². The molecule has 2 aliphatic carbocycles. The highest BCUT2D eigenvalue weighted by molar-refractivity contribution is 7.79. The molecule has 42 heavy (non-hydrogen) atoms. The fourth-order valence-corrected chi connectivity index (χ4v) is 13.9. The van der Waals surface area contributed by atoms with Gasteiger partial charge in [-0.1, -0.05) is 127 Å². The lowest BCUT2D eigenvalue weighted by Crippen LogP contribution is -2.28. The average Bonchev–Trinajstić information content (AvgIpc) is 3.07. The highest BCUT2D eigenvalue weighted by Gasteiger charge is 2.44. The van der Waals surface area contributed by atoms with Crippen LogP contribution in [-0.2, 0) is 22.0 Å². The highest BCUT2D eigenvalue weighted by Crippen LogP contribution is 2.63. The van der Waals surface area contributed by atoms with Gasteiger partial charge >= 0.3 is 0 Å². The first kappa shape index (κ1) is 27.3. The van der Waals surface area contributed by atoms with Gasteiger partial charge in [-0.15, -0.1) is 0 Å². The molecule has 5 heteroatoms.